The summed E-state index contributed by atoms with van der Waals surface area (Å²) in [6.45, 7) is 6.22. The number of aromatic nitrogens is 4. The van der Waals surface area contributed by atoms with Gasteiger partial charge in [0.25, 0.3) is 0 Å². The van der Waals surface area contributed by atoms with E-state index in [0.717, 1.165) is 11.3 Å². The van der Waals surface area contributed by atoms with Crippen LogP contribution in [-0.4, -0.2) is 56.3 Å². The first-order chi connectivity index (χ1) is 14.8. The maximum atomic E-state index is 12.5. The molecule has 0 fully saturated rings. The molecule has 1 heterocycles. The van der Waals surface area contributed by atoms with Crippen molar-refractivity contribution >= 4 is 29.3 Å². The second kappa shape index (κ2) is 10.2. The highest BCUT2D eigenvalue weighted by molar-refractivity contribution is 7.99. The fourth-order valence-electron chi connectivity index (χ4n) is 2.81. The van der Waals surface area contributed by atoms with Crippen LogP contribution in [0.25, 0.3) is 5.69 Å². The fraction of sp³-hybridized carbons (Fsp3) is 0.318. The molecular formula is C22H26N6O2S. The van der Waals surface area contributed by atoms with E-state index in [0.29, 0.717) is 16.8 Å². The maximum Gasteiger partial charge on any atom is 0.243 e. The first-order valence-electron chi connectivity index (χ1n) is 9.95. The summed E-state index contributed by atoms with van der Waals surface area (Å²) in [7, 11) is 1.60. The number of hydrogen-bond donors (Lipinski definition) is 1. The standard InChI is InChI=1S/C22H26N6O2S/c1-15(2)17-7-11-19(12-8-17)28-22(24-25-26-28)31-14-21(30)27(4)13-20(29)23-18-9-5-16(3)6-10-18/h5-12,15H,13-14H2,1-4H3,(H,23,29). The molecule has 0 radical (unpaired) electrons. The minimum Gasteiger partial charge on any atom is -0.336 e. The number of nitrogens with one attached hydrogen (secondary N) is 1. The van der Waals surface area contributed by atoms with E-state index in [-0.39, 0.29) is 24.1 Å². The van der Waals surface area contributed by atoms with Gasteiger partial charge in [-0.2, -0.15) is 4.68 Å². The highest BCUT2D eigenvalue weighted by atomic mass is 32.2. The Morgan fingerprint density at radius 3 is 2.42 bits per heavy atom. The molecule has 0 aliphatic heterocycles. The van der Waals surface area contributed by atoms with E-state index in [1.807, 2.05) is 55.5 Å². The van der Waals surface area contributed by atoms with Gasteiger partial charge in [0.15, 0.2) is 0 Å². The Morgan fingerprint density at radius 2 is 1.77 bits per heavy atom. The highest BCUT2D eigenvalue weighted by Crippen LogP contribution is 2.21. The zero-order chi connectivity index (χ0) is 22.4. The van der Waals surface area contributed by atoms with Gasteiger partial charge in [0.05, 0.1) is 18.0 Å². The minimum atomic E-state index is -0.250. The molecule has 0 aliphatic carbocycles. The van der Waals surface area contributed by atoms with E-state index < -0.39 is 0 Å². The molecule has 3 rings (SSSR count). The summed E-state index contributed by atoms with van der Waals surface area (Å²) in [5.41, 5.74) is 3.87. The lowest BCUT2D eigenvalue weighted by Gasteiger charge is -2.16. The summed E-state index contributed by atoms with van der Waals surface area (Å²) in [4.78, 5) is 26.1. The number of tetrazole rings is 1. The zero-order valence-corrected chi connectivity index (χ0v) is 18.9. The summed E-state index contributed by atoms with van der Waals surface area (Å²) in [6.07, 6.45) is 0. The number of aryl methyl sites for hydroxylation is 1. The number of rotatable bonds is 8. The van der Waals surface area contributed by atoms with Gasteiger partial charge < -0.3 is 10.2 Å². The van der Waals surface area contributed by atoms with E-state index in [4.69, 9.17) is 0 Å². The van der Waals surface area contributed by atoms with Crippen LogP contribution in [0.4, 0.5) is 5.69 Å². The number of amides is 2. The SMILES string of the molecule is Cc1ccc(NC(=O)CN(C)C(=O)CSc2nnnn2-c2ccc(C(C)C)cc2)cc1. The summed E-state index contributed by atoms with van der Waals surface area (Å²) in [5, 5.41) is 15.1. The number of anilines is 1. The lowest BCUT2D eigenvalue weighted by atomic mass is 10.0. The van der Waals surface area contributed by atoms with Gasteiger partial charge in [-0.15, -0.1) is 5.10 Å². The molecule has 2 aromatic carbocycles. The molecule has 2 amide bonds. The summed E-state index contributed by atoms with van der Waals surface area (Å²) >= 11 is 1.23. The van der Waals surface area contributed by atoms with Gasteiger partial charge in [0.2, 0.25) is 17.0 Å². The van der Waals surface area contributed by atoms with E-state index in [2.05, 4.69) is 34.7 Å². The maximum absolute atomic E-state index is 12.5. The van der Waals surface area contributed by atoms with Crippen LogP contribution in [0, 0.1) is 6.92 Å². The quantitative estimate of drug-likeness (QED) is 0.543. The van der Waals surface area contributed by atoms with Crippen molar-refractivity contribution < 1.29 is 9.59 Å². The summed E-state index contributed by atoms with van der Waals surface area (Å²) in [5.74, 6) is 0.125. The smallest absolute Gasteiger partial charge is 0.243 e. The van der Waals surface area contributed by atoms with E-state index >= 15 is 0 Å². The molecule has 0 atom stereocenters. The molecule has 0 saturated heterocycles. The van der Waals surface area contributed by atoms with Gasteiger partial charge in [-0.1, -0.05) is 55.4 Å². The zero-order valence-electron chi connectivity index (χ0n) is 18.1. The van der Waals surface area contributed by atoms with Crippen LogP contribution < -0.4 is 5.32 Å². The van der Waals surface area contributed by atoms with Crippen molar-refractivity contribution in [2.75, 3.05) is 24.7 Å². The average molecular weight is 439 g/mol. The third kappa shape index (κ3) is 6.14. The Kier molecular flexibility index (Phi) is 7.41. The number of hydrogen-bond acceptors (Lipinski definition) is 6. The van der Waals surface area contributed by atoms with E-state index in [9.17, 15) is 9.59 Å². The average Bonchev–Trinajstić information content (AvgIpc) is 3.22. The van der Waals surface area contributed by atoms with Crippen LogP contribution >= 0.6 is 11.8 Å². The first kappa shape index (κ1) is 22.5. The number of benzene rings is 2. The molecule has 0 aliphatic rings. The van der Waals surface area contributed by atoms with Crippen LogP contribution in [0.15, 0.2) is 53.7 Å². The van der Waals surface area contributed by atoms with Crippen molar-refractivity contribution in [3.05, 3.63) is 59.7 Å². The third-order valence-electron chi connectivity index (χ3n) is 4.71. The van der Waals surface area contributed by atoms with E-state index in [1.54, 1.807) is 11.7 Å². The number of thioether (sulfide) groups is 1. The molecule has 0 spiro atoms. The summed E-state index contributed by atoms with van der Waals surface area (Å²) in [6, 6.07) is 15.5. The predicted molar refractivity (Wildman–Crippen MR) is 121 cm³/mol. The number of likely N-dealkylation sites (N-methyl/N-ethyl adjacent to an activating group) is 1. The van der Waals surface area contributed by atoms with Gasteiger partial charge in [-0.25, -0.2) is 0 Å². The molecule has 9 heteroatoms. The van der Waals surface area contributed by atoms with Crippen molar-refractivity contribution in [1.29, 1.82) is 0 Å². The number of carbonyl (C=O) groups is 2. The molecule has 0 saturated carbocycles. The van der Waals surface area contributed by atoms with Crippen LogP contribution in [-0.2, 0) is 9.59 Å². The molecular weight excluding hydrogens is 412 g/mol. The van der Waals surface area contributed by atoms with Crippen LogP contribution in [0.1, 0.15) is 30.9 Å². The fourth-order valence-corrected chi connectivity index (χ4v) is 3.64. The Labute approximate surface area is 186 Å². The lowest BCUT2D eigenvalue weighted by Crippen LogP contribution is -2.36. The number of nitrogens with zero attached hydrogens (tertiary/aromatic N) is 5. The summed E-state index contributed by atoms with van der Waals surface area (Å²) < 4.78 is 1.60. The lowest BCUT2D eigenvalue weighted by molar-refractivity contribution is -0.131. The van der Waals surface area contributed by atoms with Crippen molar-refractivity contribution in [3.8, 4) is 5.69 Å². The third-order valence-corrected chi connectivity index (χ3v) is 5.62. The molecule has 8 nitrogen and oxygen atoms in total. The van der Waals surface area contributed by atoms with Gasteiger partial charge in [0.1, 0.15) is 0 Å². The Hall–Kier alpha value is -3.20. The van der Waals surface area contributed by atoms with Gasteiger partial charge in [-0.05, 0) is 53.1 Å². The monoisotopic (exact) mass is 438 g/mol. The van der Waals surface area contributed by atoms with Crippen molar-refractivity contribution in [2.24, 2.45) is 0 Å². The van der Waals surface area contributed by atoms with Crippen molar-refractivity contribution in [1.82, 2.24) is 25.1 Å². The Morgan fingerprint density at radius 1 is 1.10 bits per heavy atom. The molecule has 31 heavy (non-hydrogen) atoms. The second-order valence-electron chi connectivity index (χ2n) is 7.57. The van der Waals surface area contributed by atoms with Crippen molar-refractivity contribution in [2.45, 2.75) is 31.8 Å². The molecule has 1 aromatic heterocycles. The Bertz CT molecular complexity index is 1030. The van der Waals surface area contributed by atoms with Crippen LogP contribution in [0.2, 0.25) is 0 Å². The molecule has 1 N–H and O–H groups in total. The van der Waals surface area contributed by atoms with Gasteiger partial charge in [-0.3, -0.25) is 9.59 Å². The second-order valence-corrected chi connectivity index (χ2v) is 8.51. The molecule has 0 bridgehead atoms. The molecule has 3 aromatic rings. The molecule has 0 unspecified atom stereocenters. The minimum absolute atomic E-state index is 0.0329. The molecule has 162 valence electrons. The normalized spacial score (nSPS) is 10.9. The van der Waals surface area contributed by atoms with Crippen molar-refractivity contribution in [3.63, 3.8) is 0 Å². The van der Waals surface area contributed by atoms with Crippen LogP contribution in [0.3, 0.4) is 0 Å². The highest BCUT2D eigenvalue weighted by Gasteiger charge is 2.16. The number of carbonyl (C=O) groups excluding carboxylic acids is 2. The first-order valence-corrected chi connectivity index (χ1v) is 10.9. The van der Waals surface area contributed by atoms with E-state index in [1.165, 1.54) is 22.2 Å². The van der Waals surface area contributed by atoms with Crippen LogP contribution in [0.5, 0.6) is 0 Å². The Balaban J connectivity index is 1.54. The topological polar surface area (TPSA) is 93.0 Å². The van der Waals surface area contributed by atoms with Gasteiger partial charge >= 0.3 is 0 Å². The largest absolute Gasteiger partial charge is 0.336 e. The van der Waals surface area contributed by atoms with Gasteiger partial charge in [0, 0.05) is 12.7 Å². The predicted octanol–water partition coefficient (Wildman–Crippen LogP) is 3.28.